The average Bonchev–Trinajstić information content (AvgIpc) is 2.69. The van der Waals surface area contributed by atoms with E-state index in [9.17, 15) is 4.39 Å². The zero-order chi connectivity index (χ0) is 13.4. The predicted octanol–water partition coefficient (Wildman–Crippen LogP) is 4.90. The highest BCUT2D eigenvalue weighted by Crippen LogP contribution is 2.24. The van der Waals surface area contributed by atoms with Gasteiger partial charge in [0.1, 0.15) is 5.82 Å². The number of rotatable bonds is 2. The Morgan fingerprint density at radius 2 is 1.89 bits per heavy atom. The van der Waals surface area contributed by atoms with Crippen LogP contribution in [0.2, 0.25) is 0 Å². The molecule has 0 spiro atoms. The van der Waals surface area contributed by atoms with E-state index in [1.165, 1.54) is 28.7 Å². The van der Waals surface area contributed by atoms with Gasteiger partial charge in [0.25, 0.3) is 0 Å². The van der Waals surface area contributed by atoms with E-state index in [-0.39, 0.29) is 5.82 Å². The normalized spacial score (nSPS) is 11.1. The molecule has 0 aliphatic rings. The van der Waals surface area contributed by atoms with Gasteiger partial charge < -0.3 is 4.57 Å². The molecular weight excluding hydrogens is 305 g/mol. The molecule has 96 valence electrons. The maximum absolute atomic E-state index is 13.1. The van der Waals surface area contributed by atoms with Crippen molar-refractivity contribution in [3.8, 4) is 0 Å². The summed E-state index contributed by atoms with van der Waals surface area (Å²) < 4.78 is 16.2. The number of para-hydroxylation sites is 1. The van der Waals surface area contributed by atoms with Gasteiger partial charge in [-0.1, -0.05) is 40.2 Å². The lowest BCUT2D eigenvalue weighted by molar-refractivity contribution is 0.625. The van der Waals surface area contributed by atoms with Crippen LogP contribution >= 0.6 is 15.9 Å². The summed E-state index contributed by atoms with van der Waals surface area (Å²) in [4.78, 5) is 0. The SMILES string of the molecule is Cc1cc2ccccc2n1Cc1ccc(F)cc1Br. The number of halogens is 2. The van der Waals surface area contributed by atoms with Crippen molar-refractivity contribution in [2.75, 3.05) is 0 Å². The molecule has 2 aromatic carbocycles. The van der Waals surface area contributed by atoms with Crippen molar-refractivity contribution in [2.24, 2.45) is 0 Å². The topological polar surface area (TPSA) is 4.93 Å². The first kappa shape index (κ1) is 12.4. The van der Waals surface area contributed by atoms with Gasteiger partial charge in [0.15, 0.2) is 0 Å². The molecule has 3 heteroatoms. The van der Waals surface area contributed by atoms with E-state index in [0.29, 0.717) is 0 Å². The van der Waals surface area contributed by atoms with Crippen molar-refractivity contribution < 1.29 is 4.39 Å². The first-order valence-electron chi connectivity index (χ1n) is 6.14. The molecule has 1 nitrogen and oxygen atoms in total. The molecule has 0 N–H and O–H groups in total. The van der Waals surface area contributed by atoms with Crippen LogP contribution in [0.3, 0.4) is 0 Å². The fraction of sp³-hybridized carbons (Fsp3) is 0.125. The second-order valence-corrected chi connectivity index (χ2v) is 5.52. The standard InChI is InChI=1S/C16H13BrFN/c1-11-8-12-4-2-3-5-16(12)19(11)10-13-6-7-14(18)9-15(13)17/h2-9H,10H2,1H3. The van der Waals surface area contributed by atoms with Gasteiger partial charge >= 0.3 is 0 Å². The zero-order valence-electron chi connectivity index (χ0n) is 10.5. The van der Waals surface area contributed by atoms with Crippen LogP contribution in [0.25, 0.3) is 10.9 Å². The van der Waals surface area contributed by atoms with E-state index in [1.807, 2.05) is 18.2 Å². The minimum absolute atomic E-state index is 0.218. The van der Waals surface area contributed by atoms with Gasteiger partial charge in [-0.05, 0) is 42.1 Å². The quantitative estimate of drug-likeness (QED) is 0.633. The van der Waals surface area contributed by atoms with Crippen molar-refractivity contribution >= 4 is 26.8 Å². The first-order valence-corrected chi connectivity index (χ1v) is 6.93. The molecule has 0 fully saturated rings. The smallest absolute Gasteiger partial charge is 0.124 e. The summed E-state index contributed by atoms with van der Waals surface area (Å²) in [5, 5.41) is 1.23. The molecule has 0 bridgehead atoms. The molecule has 0 saturated carbocycles. The summed E-state index contributed by atoms with van der Waals surface area (Å²) in [5.74, 6) is -0.218. The summed E-state index contributed by atoms with van der Waals surface area (Å²) in [6, 6.07) is 15.3. The van der Waals surface area contributed by atoms with E-state index >= 15 is 0 Å². The number of hydrogen-bond donors (Lipinski definition) is 0. The van der Waals surface area contributed by atoms with Crippen molar-refractivity contribution in [1.29, 1.82) is 0 Å². The molecule has 0 atom stereocenters. The van der Waals surface area contributed by atoms with E-state index < -0.39 is 0 Å². The second kappa shape index (κ2) is 4.82. The Kier molecular flexibility index (Phi) is 3.15. The maximum Gasteiger partial charge on any atom is 0.124 e. The molecule has 0 radical (unpaired) electrons. The summed E-state index contributed by atoms with van der Waals surface area (Å²) >= 11 is 3.43. The summed E-state index contributed by atoms with van der Waals surface area (Å²) in [5.41, 5.74) is 3.49. The van der Waals surface area contributed by atoms with E-state index in [1.54, 1.807) is 0 Å². The number of benzene rings is 2. The molecule has 0 unspecified atom stereocenters. The molecule has 19 heavy (non-hydrogen) atoms. The molecule has 3 rings (SSSR count). The van der Waals surface area contributed by atoms with Gasteiger partial charge in [0.05, 0.1) is 0 Å². The largest absolute Gasteiger partial charge is 0.340 e. The van der Waals surface area contributed by atoms with Crippen LogP contribution in [0, 0.1) is 12.7 Å². The lowest BCUT2D eigenvalue weighted by atomic mass is 10.2. The van der Waals surface area contributed by atoms with Gasteiger partial charge in [-0.25, -0.2) is 4.39 Å². The Morgan fingerprint density at radius 1 is 1.11 bits per heavy atom. The molecular formula is C16H13BrFN. The minimum Gasteiger partial charge on any atom is -0.340 e. The molecule has 3 aromatic rings. The monoisotopic (exact) mass is 317 g/mol. The van der Waals surface area contributed by atoms with Gasteiger partial charge in [0, 0.05) is 22.2 Å². The van der Waals surface area contributed by atoms with Crippen molar-refractivity contribution in [1.82, 2.24) is 4.57 Å². The Hall–Kier alpha value is -1.61. The van der Waals surface area contributed by atoms with Crippen LogP contribution in [0.15, 0.2) is 53.0 Å². The first-order chi connectivity index (χ1) is 9.15. The Labute approximate surface area is 119 Å². The second-order valence-electron chi connectivity index (χ2n) is 4.67. The number of aromatic nitrogens is 1. The molecule has 1 aromatic heterocycles. The van der Waals surface area contributed by atoms with Crippen LogP contribution in [0.4, 0.5) is 4.39 Å². The molecule has 0 saturated heterocycles. The van der Waals surface area contributed by atoms with Crippen LogP contribution in [0.1, 0.15) is 11.3 Å². The number of fused-ring (bicyclic) bond motifs is 1. The van der Waals surface area contributed by atoms with Crippen LogP contribution in [-0.4, -0.2) is 4.57 Å². The Bertz CT molecular complexity index is 746. The number of aryl methyl sites for hydroxylation is 1. The summed E-state index contributed by atoms with van der Waals surface area (Å²) in [6.07, 6.45) is 0. The zero-order valence-corrected chi connectivity index (χ0v) is 12.1. The van der Waals surface area contributed by atoms with Crippen LogP contribution in [0.5, 0.6) is 0 Å². The van der Waals surface area contributed by atoms with E-state index in [0.717, 1.165) is 16.6 Å². The van der Waals surface area contributed by atoms with E-state index in [4.69, 9.17) is 0 Å². The Morgan fingerprint density at radius 3 is 2.68 bits per heavy atom. The van der Waals surface area contributed by atoms with Crippen LogP contribution < -0.4 is 0 Å². The van der Waals surface area contributed by atoms with Crippen molar-refractivity contribution in [3.05, 3.63) is 70.1 Å². The van der Waals surface area contributed by atoms with Gasteiger partial charge in [0.2, 0.25) is 0 Å². The fourth-order valence-corrected chi connectivity index (χ4v) is 2.85. The highest BCUT2D eigenvalue weighted by Gasteiger charge is 2.08. The van der Waals surface area contributed by atoms with Gasteiger partial charge in [-0.15, -0.1) is 0 Å². The Balaban J connectivity index is 2.08. The highest BCUT2D eigenvalue weighted by atomic mass is 79.9. The number of hydrogen-bond acceptors (Lipinski definition) is 0. The van der Waals surface area contributed by atoms with Gasteiger partial charge in [-0.2, -0.15) is 0 Å². The minimum atomic E-state index is -0.218. The summed E-state index contributed by atoms with van der Waals surface area (Å²) in [6.45, 7) is 2.83. The van der Waals surface area contributed by atoms with Gasteiger partial charge in [-0.3, -0.25) is 0 Å². The summed E-state index contributed by atoms with van der Waals surface area (Å²) in [7, 11) is 0. The van der Waals surface area contributed by atoms with E-state index in [2.05, 4.69) is 45.6 Å². The fourth-order valence-electron chi connectivity index (χ4n) is 2.38. The maximum atomic E-state index is 13.1. The lowest BCUT2D eigenvalue weighted by Gasteiger charge is -2.10. The van der Waals surface area contributed by atoms with Crippen molar-refractivity contribution in [3.63, 3.8) is 0 Å². The van der Waals surface area contributed by atoms with Crippen LogP contribution in [-0.2, 0) is 6.54 Å². The molecule has 0 aliphatic carbocycles. The molecule has 1 heterocycles. The van der Waals surface area contributed by atoms with Crippen molar-refractivity contribution in [2.45, 2.75) is 13.5 Å². The lowest BCUT2D eigenvalue weighted by Crippen LogP contribution is -2.02. The third-order valence-corrected chi connectivity index (χ3v) is 4.10. The third kappa shape index (κ3) is 2.30. The molecule has 0 amide bonds. The predicted molar refractivity (Wildman–Crippen MR) is 79.9 cm³/mol. The average molecular weight is 318 g/mol. The highest BCUT2D eigenvalue weighted by molar-refractivity contribution is 9.10. The molecule has 0 aliphatic heterocycles. The third-order valence-electron chi connectivity index (χ3n) is 3.36. The number of nitrogens with zero attached hydrogens (tertiary/aromatic N) is 1.